The fraction of sp³-hybridized carbons (Fsp3) is 0.632. The van der Waals surface area contributed by atoms with Gasteiger partial charge in [-0.1, -0.05) is 0 Å². The minimum absolute atomic E-state index is 0.0994. The molecule has 1 aromatic carbocycles. The summed E-state index contributed by atoms with van der Waals surface area (Å²) in [6.45, 7) is 3.32. The van der Waals surface area contributed by atoms with Crippen molar-refractivity contribution in [3.63, 3.8) is 0 Å². The third-order valence-corrected chi connectivity index (χ3v) is 7.86. The summed E-state index contributed by atoms with van der Waals surface area (Å²) < 4.78 is 27.3. The van der Waals surface area contributed by atoms with Crippen LogP contribution in [0.2, 0.25) is 0 Å². The van der Waals surface area contributed by atoms with Crippen LogP contribution in [-0.2, 0) is 14.8 Å². The van der Waals surface area contributed by atoms with Crippen molar-refractivity contribution in [3.05, 3.63) is 28.3 Å². The van der Waals surface area contributed by atoms with Gasteiger partial charge in [0.15, 0.2) is 0 Å². The molecule has 29 heavy (non-hydrogen) atoms. The first-order valence-electron chi connectivity index (χ1n) is 10.0. The van der Waals surface area contributed by atoms with Crippen molar-refractivity contribution in [2.24, 2.45) is 5.92 Å². The molecule has 0 spiro atoms. The molecule has 3 rings (SSSR count). The number of nitrogens with one attached hydrogen (secondary N) is 1. The summed E-state index contributed by atoms with van der Waals surface area (Å²) in [5.74, 6) is -0.0359. The summed E-state index contributed by atoms with van der Waals surface area (Å²) in [6, 6.07) is 4.11. The molecule has 2 saturated heterocycles. The molecule has 1 aromatic rings. The second kappa shape index (κ2) is 8.66. The highest BCUT2D eigenvalue weighted by molar-refractivity contribution is 7.89. The molecule has 9 nitrogen and oxygen atoms in total. The molecular weight excluding hydrogens is 396 g/mol. The first-order valence-corrected chi connectivity index (χ1v) is 11.5. The first-order chi connectivity index (χ1) is 13.8. The van der Waals surface area contributed by atoms with E-state index in [1.165, 1.54) is 16.4 Å². The van der Waals surface area contributed by atoms with Crippen LogP contribution in [0.25, 0.3) is 0 Å². The Balaban J connectivity index is 1.70. The molecule has 2 heterocycles. The van der Waals surface area contributed by atoms with Crippen molar-refractivity contribution < 1.29 is 18.1 Å². The van der Waals surface area contributed by atoms with Crippen molar-refractivity contribution in [2.75, 3.05) is 32.0 Å². The number of nitrogens with zero attached hydrogens (tertiary/aromatic N) is 3. The molecule has 0 aliphatic carbocycles. The number of piperidine rings is 2. The van der Waals surface area contributed by atoms with Crippen LogP contribution in [0.4, 0.5) is 11.4 Å². The lowest BCUT2D eigenvalue weighted by molar-refractivity contribution is -0.384. The first kappa shape index (κ1) is 21.5. The van der Waals surface area contributed by atoms with Crippen LogP contribution in [0.3, 0.4) is 0 Å². The zero-order valence-electron chi connectivity index (χ0n) is 16.8. The molecule has 2 aliphatic heterocycles. The highest BCUT2D eigenvalue weighted by Gasteiger charge is 2.36. The number of likely N-dealkylation sites (tertiary alicyclic amines) is 1. The topological polar surface area (TPSA) is 113 Å². The number of carbonyl (C=O) groups is 1. The molecule has 0 aromatic heterocycles. The minimum Gasteiger partial charge on any atom is -0.383 e. The highest BCUT2D eigenvalue weighted by atomic mass is 32.2. The molecule has 1 amide bonds. The zero-order valence-corrected chi connectivity index (χ0v) is 17.7. The monoisotopic (exact) mass is 424 g/mol. The minimum atomic E-state index is -3.85. The average Bonchev–Trinajstić information content (AvgIpc) is 2.73. The van der Waals surface area contributed by atoms with Crippen LogP contribution in [0.15, 0.2) is 23.1 Å². The summed E-state index contributed by atoms with van der Waals surface area (Å²) in [5, 5.41) is 13.9. The average molecular weight is 425 g/mol. The Morgan fingerprint density at radius 2 is 1.86 bits per heavy atom. The number of hydrogen-bond acceptors (Lipinski definition) is 6. The number of anilines is 1. The van der Waals surface area contributed by atoms with E-state index in [9.17, 15) is 23.3 Å². The number of nitro benzene ring substituents is 1. The number of amides is 1. The summed E-state index contributed by atoms with van der Waals surface area (Å²) in [5.41, 5.74) is -0.0216. The van der Waals surface area contributed by atoms with Gasteiger partial charge in [0.2, 0.25) is 15.9 Å². The van der Waals surface area contributed by atoms with Gasteiger partial charge >= 0.3 is 0 Å². The van der Waals surface area contributed by atoms with E-state index in [1.807, 2.05) is 4.90 Å². The number of hydrogen-bond donors (Lipinski definition) is 1. The summed E-state index contributed by atoms with van der Waals surface area (Å²) in [6.07, 6.45) is 4.11. The van der Waals surface area contributed by atoms with Crippen molar-refractivity contribution in [2.45, 2.75) is 50.0 Å². The molecule has 0 bridgehead atoms. The third-order valence-electron chi connectivity index (χ3n) is 5.96. The molecule has 0 saturated carbocycles. The van der Waals surface area contributed by atoms with Crippen LogP contribution >= 0.6 is 0 Å². The van der Waals surface area contributed by atoms with Gasteiger partial charge in [0.1, 0.15) is 5.69 Å². The number of carbonyl (C=O) groups excluding carboxylic acids is 1. The smallest absolute Gasteiger partial charge is 0.293 e. The normalized spacial score (nSPS) is 21.7. The van der Waals surface area contributed by atoms with Gasteiger partial charge in [0.25, 0.3) is 5.69 Å². The number of rotatable bonds is 5. The maximum absolute atomic E-state index is 13.0. The summed E-state index contributed by atoms with van der Waals surface area (Å²) in [4.78, 5) is 25.3. The lowest BCUT2D eigenvalue weighted by Gasteiger charge is -2.38. The molecule has 10 heteroatoms. The third kappa shape index (κ3) is 4.37. The molecule has 1 atom stereocenters. The second-order valence-corrected chi connectivity index (χ2v) is 9.68. The Bertz CT molecular complexity index is 881. The lowest BCUT2D eigenvalue weighted by Crippen LogP contribution is -2.48. The number of sulfonamides is 1. The van der Waals surface area contributed by atoms with Gasteiger partial charge in [-0.15, -0.1) is 0 Å². The molecular formula is C19H28N4O5S. The maximum atomic E-state index is 13.0. The molecule has 2 aliphatic rings. The van der Waals surface area contributed by atoms with E-state index in [0.717, 1.165) is 31.9 Å². The molecule has 160 valence electrons. The van der Waals surface area contributed by atoms with E-state index in [1.54, 1.807) is 7.05 Å². The van der Waals surface area contributed by atoms with Crippen molar-refractivity contribution in [1.82, 2.24) is 9.21 Å². The van der Waals surface area contributed by atoms with Crippen LogP contribution in [0.1, 0.15) is 39.0 Å². The zero-order chi connectivity index (χ0) is 21.2. The van der Waals surface area contributed by atoms with Crippen LogP contribution in [0.5, 0.6) is 0 Å². The summed E-state index contributed by atoms with van der Waals surface area (Å²) in [7, 11) is -2.31. The number of nitro groups is 1. The summed E-state index contributed by atoms with van der Waals surface area (Å²) >= 11 is 0. The van der Waals surface area contributed by atoms with Gasteiger partial charge in [0, 0.05) is 44.7 Å². The Morgan fingerprint density at radius 1 is 1.17 bits per heavy atom. The highest BCUT2D eigenvalue weighted by Crippen LogP contribution is 2.31. The van der Waals surface area contributed by atoms with Crippen molar-refractivity contribution in [3.8, 4) is 0 Å². The SMILES string of the molecule is CNc1ccc(S(=O)(=O)N2CCC(C(=O)N3CCCC[C@H]3C)CC2)cc1[N+](=O)[O-]. The van der Waals surface area contributed by atoms with Crippen molar-refractivity contribution >= 4 is 27.3 Å². The van der Waals surface area contributed by atoms with Crippen LogP contribution in [-0.4, -0.2) is 61.2 Å². The van der Waals surface area contributed by atoms with Gasteiger partial charge in [0.05, 0.1) is 9.82 Å². The Hall–Kier alpha value is -2.20. The van der Waals surface area contributed by atoms with E-state index < -0.39 is 14.9 Å². The van der Waals surface area contributed by atoms with E-state index in [-0.39, 0.29) is 47.2 Å². The number of benzene rings is 1. The van der Waals surface area contributed by atoms with E-state index in [2.05, 4.69) is 12.2 Å². The molecule has 2 fully saturated rings. The van der Waals surface area contributed by atoms with Crippen LogP contribution in [0, 0.1) is 16.0 Å². The Labute approximate surface area is 171 Å². The Kier molecular flexibility index (Phi) is 6.42. The maximum Gasteiger partial charge on any atom is 0.293 e. The Morgan fingerprint density at radius 3 is 2.45 bits per heavy atom. The van der Waals surface area contributed by atoms with E-state index in [0.29, 0.717) is 12.8 Å². The lowest BCUT2D eigenvalue weighted by atomic mass is 9.94. The molecule has 1 N–H and O–H groups in total. The van der Waals surface area contributed by atoms with Crippen LogP contribution < -0.4 is 5.32 Å². The van der Waals surface area contributed by atoms with Gasteiger partial charge in [-0.25, -0.2) is 8.42 Å². The van der Waals surface area contributed by atoms with E-state index in [4.69, 9.17) is 0 Å². The van der Waals surface area contributed by atoms with Gasteiger partial charge in [-0.2, -0.15) is 4.31 Å². The fourth-order valence-electron chi connectivity index (χ4n) is 4.19. The van der Waals surface area contributed by atoms with Gasteiger partial charge in [-0.3, -0.25) is 14.9 Å². The van der Waals surface area contributed by atoms with Crippen molar-refractivity contribution in [1.29, 1.82) is 0 Å². The quantitative estimate of drug-likeness (QED) is 0.574. The molecule has 0 unspecified atom stereocenters. The second-order valence-electron chi connectivity index (χ2n) is 7.74. The van der Waals surface area contributed by atoms with E-state index >= 15 is 0 Å². The predicted molar refractivity (Wildman–Crippen MR) is 109 cm³/mol. The predicted octanol–water partition coefficient (Wildman–Crippen LogP) is 2.44. The fourth-order valence-corrected chi connectivity index (χ4v) is 5.68. The standard InChI is InChI=1S/C19H28N4O5S/c1-14-5-3-4-10-22(14)19(24)15-8-11-21(12-9-15)29(27,28)16-6-7-17(20-2)18(13-16)23(25)26/h6-7,13-15,20H,3-5,8-12H2,1-2H3/t14-/m1/s1. The largest absolute Gasteiger partial charge is 0.383 e. The molecule has 0 radical (unpaired) electrons. The van der Waals surface area contributed by atoms with Gasteiger partial charge < -0.3 is 10.2 Å². The van der Waals surface area contributed by atoms with Gasteiger partial charge in [-0.05, 0) is 51.2 Å².